The number of amides is 1. The van der Waals surface area contributed by atoms with E-state index in [1.807, 2.05) is 18.4 Å². The molecule has 110 valence electrons. The van der Waals surface area contributed by atoms with Crippen LogP contribution in [0.2, 0.25) is 0 Å². The molecule has 0 aromatic carbocycles. The number of aryl methyl sites for hydroxylation is 1. The van der Waals surface area contributed by atoms with E-state index in [2.05, 4.69) is 11.4 Å². The van der Waals surface area contributed by atoms with Crippen LogP contribution < -0.4 is 5.32 Å². The van der Waals surface area contributed by atoms with Gasteiger partial charge >= 0.3 is 0 Å². The third-order valence-corrected chi connectivity index (χ3v) is 5.11. The summed E-state index contributed by atoms with van der Waals surface area (Å²) in [5.74, 6) is 0.738. The first-order valence-electron chi connectivity index (χ1n) is 7.31. The molecule has 4 heteroatoms. The number of aliphatic hydroxyl groups excluding tert-OH is 1. The van der Waals surface area contributed by atoms with Gasteiger partial charge in [-0.1, -0.05) is 12.8 Å². The molecule has 1 aromatic heterocycles. The molecule has 1 aromatic rings. The van der Waals surface area contributed by atoms with Crippen molar-refractivity contribution < 1.29 is 9.90 Å². The van der Waals surface area contributed by atoms with Crippen LogP contribution in [0.25, 0.3) is 6.08 Å². The number of hydrogen-bond donors (Lipinski definition) is 2. The molecule has 1 saturated carbocycles. The van der Waals surface area contributed by atoms with Crippen molar-refractivity contribution in [3.05, 3.63) is 28.0 Å². The van der Waals surface area contributed by atoms with E-state index in [1.165, 1.54) is 18.4 Å². The van der Waals surface area contributed by atoms with Gasteiger partial charge in [0.2, 0.25) is 5.91 Å². The lowest BCUT2D eigenvalue weighted by Crippen LogP contribution is -2.34. The molecule has 2 unspecified atom stereocenters. The fourth-order valence-corrected chi connectivity index (χ4v) is 3.61. The standard InChI is InChI=1S/C16H23NO2S/c1-12-8-9-20-15(12)6-7-16(19)17-10-13-4-2-3-5-14(13)11-18/h6-9,13-14,18H,2-5,10-11H2,1H3,(H,17,19). The fourth-order valence-electron chi connectivity index (χ4n) is 2.79. The Morgan fingerprint density at radius 3 is 2.85 bits per heavy atom. The van der Waals surface area contributed by atoms with Crippen molar-refractivity contribution in [2.75, 3.05) is 13.2 Å². The van der Waals surface area contributed by atoms with E-state index in [9.17, 15) is 9.90 Å². The van der Waals surface area contributed by atoms with Gasteiger partial charge in [-0.3, -0.25) is 4.79 Å². The Kier molecular flexibility index (Phi) is 5.80. The summed E-state index contributed by atoms with van der Waals surface area (Å²) in [4.78, 5) is 13.0. The lowest BCUT2D eigenvalue weighted by molar-refractivity contribution is -0.116. The highest BCUT2D eigenvalue weighted by molar-refractivity contribution is 7.11. The first kappa shape index (κ1) is 15.3. The van der Waals surface area contributed by atoms with Crippen LogP contribution in [0.3, 0.4) is 0 Å². The Labute approximate surface area is 124 Å². The monoisotopic (exact) mass is 293 g/mol. The molecule has 2 atom stereocenters. The summed E-state index contributed by atoms with van der Waals surface area (Å²) in [6.45, 7) is 2.96. The van der Waals surface area contributed by atoms with Gasteiger partial charge in [-0.15, -0.1) is 11.3 Å². The predicted molar refractivity (Wildman–Crippen MR) is 83.6 cm³/mol. The molecule has 1 heterocycles. The third kappa shape index (κ3) is 4.18. The highest BCUT2D eigenvalue weighted by Gasteiger charge is 2.24. The second-order valence-electron chi connectivity index (χ2n) is 5.53. The van der Waals surface area contributed by atoms with Crippen LogP contribution in [0.4, 0.5) is 0 Å². The molecule has 0 bridgehead atoms. The molecule has 3 nitrogen and oxygen atoms in total. The first-order valence-corrected chi connectivity index (χ1v) is 8.19. The molecular formula is C16H23NO2S. The van der Waals surface area contributed by atoms with Crippen molar-refractivity contribution in [1.29, 1.82) is 0 Å². The van der Waals surface area contributed by atoms with Crippen molar-refractivity contribution in [2.24, 2.45) is 11.8 Å². The average Bonchev–Trinajstić information content (AvgIpc) is 2.88. The summed E-state index contributed by atoms with van der Waals surface area (Å²) < 4.78 is 0. The lowest BCUT2D eigenvalue weighted by atomic mass is 9.79. The lowest BCUT2D eigenvalue weighted by Gasteiger charge is -2.30. The van der Waals surface area contributed by atoms with E-state index in [0.29, 0.717) is 18.4 Å². The van der Waals surface area contributed by atoms with Crippen molar-refractivity contribution in [1.82, 2.24) is 5.32 Å². The summed E-state index contributed by atoms with van der Waals surface area (Å²) in [7, 11) is 0. The zero-order chi connectivity index (χ0) is 14.4. The largest absolute Gasteiger partial charge is 0.396 e. The fraction of sp³-hybridized carbons (Fsp3) is 0.562. The highest BCUT2D eigenvalue weighted by Crippen LogP contribution is 2.29. The van der Waals surface area contributed by atoms with Crippen molar-refractivity contribution >= 4 is 23.3 Å². The zero-order valence-corrected chi connectivity index (χ0v) is 12.8. The number of rotatable bonds is 5. The van der Waals surface area contributed by atoms with Gasteiger partial charge in [0, 0.05) is 24.1 Å². The summed E-state index contributed by atoms with van der Waals surface area (Å²) in [5, 5.41) is 14.4. The van der Waals surface area contributed by atoms with Crippen molar-refractivity contribution in [2.45, 2.75) is 32.6 Å². The summed E-state index contributed by atoms with van der Waals surface area (Å²) >= 11 is 1.64. The van der Waals surface area contributed by atoms with E-state index in [1.54, 1.807) is 17.4 Å². The highest BCUT2D eigenvalue weighted by atomic mass is 32.1. The Balaban J connectivity index is 1.80. The molecule has 1 aliphatic carbocycles. The van der Waals surface area contributed by atoms with E-state index in [-0.39, 0.29) is 12.5 Å². The smallest absolute Gasteiger partial charge is 0.244 e. The molecule has 1 amide bonds. The molecule has 2 rings (SSSR count). The summed E-state index contributed by atoms with van der Waals surface area (Å²) in [5.41, 5.74) is 1.20. The van der Waals surface area contributed by atoms with Crippen LogP contribution in [0, 0.1) is 18.8 Å². The summed E-state index contributed by atoms with van der Waals surface area (Å²) in [6.07, 6.45) is 8.09. The number of hydrogen-bond acceptors (Lipinski definition) is 3. The van der Waals surface area contributed by atoms with Gasteiger partial charge in [0.05, 0.1) is 0 Å². The second kappa shape index (κ2) is 7.60. The van der Waals surface area contributed by atoms with Gasteiger partial charge in [0.1, 0.15) is 0 Å². The minimum Gasteiger partial charge on any atom is -0.396 e. The normalized spacial score (nSPS) is 23.1. The molecule has 0 aliphatic heterocycles. The van der Waals surface area contributed by atoms with Crippen LogP contribution in [0.15, 0.2) is 17.5 Å². The molecule has 2 N–H and O–H groups in total. The van der Waals surface area contributed by atoms with E-state index in [4.69, 9.17) is 0 Å². The van der Waals surface area contributed by atoms with Gasteiger partial charge < -0.3 is 10.4 Å². The maximum absolute atomic E-state index is 11.8. The first-order chi connectivity index (χ1) is 9.70. The molecule has 0 saturated heterocycles. The van der Waals surface area contributed by atoms with Crippen LogP contribution in [-0.4, -0.2) is 24.2 Å². The Hall–Kier alpha value is -1.13. The maximum Gasteiger partial charge on any atom is 0.244 e. The second-order valence-corrected chi connectivity index (χ2v) is 6.48. The Morgan fingerprint density at radius 2 is 2.20 bits per heavy atom. The van der Waals surface area contributed by atoms with Crippen LogP contribution in [0.5, 0.6) is 0 Å². The Bertz CT molecular complexity index is 467. The van der Waals surface area contributed by atoms with Crippen molar-refractivity contribution in [3.8, 4) is 0 Å². The Morgan fingerprint density at radius 1 is 1.45 bits per heavy atom. The van der Waals surface area contributed by atoms with Gasteiger partial charge in [-0.25, -0.2) is 0 Å². The maximum atomic E-state index is 11.8. The number of aliphatic hydroxyl groups is 1. The summed E-state index contributed by atoms with van der Waals surface area (Å²) in [6, 6.07) is 2.05. The number of thiophene rings is 1. The van der Waals surface area contributed by atoms with Crippen LogP contribution in [-0.2, 0) is 4.79 Å². The minimum absolute atomic E-state index is 0.0416. The SMILES string of the molecule is Cc1ccsc1C=CC(=O)NCC1CCCCC1CO. The molecule has 20 heavy (non-hydrogen) atoms. The quantitative estimate of drug-likeness (QED) is 0.820. The number of nitrogens with one attached hydrogen (secondary N) is 1. The topological polar surface area (TPSA) is 49.3 Å². The average molecular weight is 293 g/mol. The molecule has 1 aliphatic rings. The van der Waals surface area contributed by atoms with E-state index >= 15 is 0 Å². The van der Waals surface area contributed by atoms with Gasteiger partial charge in [-0.05, 0) is 54.7 Å². The van der Waals surface area contributed by atoms with Crippen LogP contribution >= 0.6 is 11.3 Å². The molecule has 0 radical (unpaired) electrons. The zero-order valence-electron chi connectivity index (χ0n) is 12.0. The number of carbonyl (C=O) groups excluding carboxylic acids is 1. The molecule has 1 fully saturated rings. The predicted octanol–water partition coefficient (Wildman–Crippen LogP) is 2.98. The number of carbonyl (C=O) groups is 1. The third-order valence-electron chi connectivity index (χ3n) is 4.13. The van der Waals surface area contributed by atoms with Gasteiger partial charge in [-0.2, -0.15) is 0 Å². The minimum atomic E-state index is -0.0416. The molecule has 0 spiro atoms. The van der Waals surface area contributed by atoms with Gasteiger partial charge in [0.15, 0.2) is 0 Å². The van der Waals surface area contributed by atoms with Crippen LogP contribution in [0.1, 0.15) is 36.1 Å². The van der Waals surface area contributed by atoms with Gasteiger partial charge in [0.25, 0.3) is 0 Å². The van der Waals surface area contributed by atoms with E-state index < -0.39 is 0 Å². The van der Waals surface area contributed by atoms with Crippen molar-refractivity contribution in [3.63, 3.8) is 0 Å². The molecular weight excluding hydrogens is 270 g/mol. The van der Waals surface area contributed by atoms with E-state index in [0.717, 1.165) is 17.7 Å².